The number of nitrogens with two attached hydrogens (primary N) is 1. The predicted molar refractivity (Wildman–Crippen MR) is 119 cm³/mol. The maximum atomic E-state index is 13.5. The summed E-state index contributed by atoms with van der Waals surface area (Å²) in [7, 11) is 0. The highest BCUT2D eigenvalue weighted by Crippen LogP contribution is 2.49. The quantitative estimate of drug-likeness (QED) is 0.693. The van der Waals surface area contributed by atoms with Crippen LogP contribution in [0, 0.1) is 11.2 Å². The van der Waals surface area contributed by atoms with Crippen LogP contribution in [-0.4, -0.2) is 51.2 Å². The van der Waals surface area contributed by atoms with E-state index >= 15 is 0 Å². The molecule has 1 saturated heterocycles. The number of imidazole rings is 1. The summed E-state index contributed by atoms with van der Waals surface area (Å²) in [4.78, 5) is 48.6. The van der Waals surface area contributed by atoms with E-state index < -0.39 is 17.1 Å². The van der Waals surface area contributed by atoms with Crippen LogP contribution in [-0.2, 0) is 4.79 Å². The van der Waals surface area contributed by atoms with E-state index in [1.807, 2.05) is 4.90 Å². The zero-order valence-electron chi connectivity index (χ0n) is 18.0. The van der Waals surface area contributed by atoms with E-state index in [0.29, 0.717) is 44.3 Å². The maximum Gasteiger partial charge on any atom is 0.275 e. The number of nitrogens with one attached hydrogen (secondary N) is 1. The van der Waals surface area contributed by atoms with Gasteiger partial charge in [0.1, 0.15) is 11.5 Å². The van der Waals surface area contributed by atoms with Gasteiger partial charge < -0.3 is 20.5 Å². The Morgan fingerprint density at radius 1 is 1.18 bits per heavy atom. The predicted octanol–water partition coefficient (Wildman–Crippen LogP) is 3.27. The lowest BCUT2D eigenvalue weighted by Crippen LogP contribution is -2.47. The number of hydrogen-bond donors (Lipinski definition) is 2. The molecule has 0 radical (unpaired) electrons. The van der Waals surface area contributed by atoms with Crippen LogP contribution < -0.4 is 10.6 Å². The molecule has 2 aromatic rings. The monoisotopic (exact) mass is 473 g/mol. The molecule has 33 heavy (non-hydrogen) atoms. The molecule has 2 saturated carbocycles. The van der Waals surface area contributed by atoms with Crippen molar-refractivity contribution in [3.05, 3.63) is 46.8 Å². The second kappa shape index (κ2) is 8.13. The lowest BCUT2D eigenvalue weighted by atomic mass is 9.71. The van der Waals surface area contributed by atoms with E-state index in [0.717, 1.165) is 12.8 Å². The van der Waals surface area contributed by atoms with Gasteiger partial charge in [0.15, 0.2) is 5.69 Å². The normalized spacial score (nSPS) is 25.0. The average Bonchev–Trinajstić information content (AvgIpc) is 3.39. The first-order chi connectivity index (χ1) is 15.8. The van der Waals surface area contributed by atoms with Crippen LogP contribution in [0.2, 0.25) is 5.02 Å². The fraction of sp³-hybridized carbons (Fsp3) is 0.478. The Kier molecular flexibility index (Phi) is 5.39. The molecule has 3 aliphatic rings. The van der Waals surface area contributed by atoms with E-state index in [-0.39, 0.29) is 40.3 Å². The van der Waals surface area contributed by atoms with E-state index in [1.54, 1.807) is 11.0 Å². The van der Waals surface area contributed by atoms with Gasteiger partial charge in [0.05, 0.1) is 22.5 Å². The molecule has 10 heteroatoms. The zero-order chi connectivity index (χ0) is 23.3. The highest BCUT2D eigenvalue weighted by molar-refractivity contribution is 6.34. The second-order valence-corrected chi connectivity index (χ2v) is 9.66. The third kappa shape index (κ3) is 3.78. The number of anilines is 1. The standard InChI is InChI=1S/C23H25ClFN5O3/c24-16-11-13(25)1-4-17(16)29-10-9-23(22(29)33)7-5-15(6-8-23)30(14-2-3-14)21(32)19-18(20(26)31)27-12-28-19/h1,4,11-12,14-15H,2-3,5-10H2,(H2,26,31)(H,27,28)/t15-,23-. The van der Waals surface area contributed by atoms with Crippen molar-refractivity contribution < 1.29 is 18.8 Å². The van der Waals surface area contributed by atoms with Crippen molar-refractivity contribution in [2.75, 3.05) is 11.4 Å². The summed E-state index contributed by atoms with van der Waals surface area (Å²) in [6.07, 6.45) is 6.54. The molecule has 5 rings (SSSR count). The molecule has 2 heterocycles. The summed E-state index contributed by atoms with van der Waals surface area (Å²) in [5, 5.41) is 0.226. The number of carbonyl (C=O) groups is 3. The summed E-state index contributed by atoms with van der Waals surface area (Å²) in [6, 6.07) is 4.19. The Labute approximate surface area is 195 Å². The Morgan fingerprint density at radius 2 is 1.88 bits per heavy atom. The van der Waals surface area contributed by atoms with Gasteiger partial charge in [0.2, 0.25) is 5.91 Å². The lowest BCUT2D eigenvalue weighted by molar-refractivity contribution is -0.127. The number of nitrogens with zero attached hydrogens (tertiary/aromatic N) is 3. The minimum atomic E-state index is -0.717. The van der Waals surface area contributed by atoms with Crippen molar-refractivity contribution in [3.8, 4) is 0 Å². The molecule has 2 aliphatic carbocycles. The maximum absolute atomic E-state index is 13.5. The average molecular weight is 474 g/mol. The van der Waals surface area contributed by atoms with Crippen LogP contribution in [0.25, 0.3) is 0 Å². The molecular weight excluding hydrogens is 449 g/mol. The van der Waals surface area contributed by atoms with Gasteiger partial charge in [0.25, 0.3) is 11.8 Å². The van der Waals surface area contributed by atoms with Gasteiger partial charge in [-0.15, -0.1) is 0 Å². The van der Waals surface area contributed by atoms with Crippen molar-refractivity contribution in [1.29, 1.82) is 0 Å². The number of halogens is 2. The highest BCUT2D eigenvalue weighted by Gasteiger charge is 2.51. The molecule has 174 valence electrons. The lowest BCUT2D eigenvalue weighted by Gasteiger charge is -2.41. The molecule has 3 fully saturated rings. The topological polar surface area (TPSA) is 112 Å². The minimum Gasteiger partial charge on any atom is -0.364 e. The van der Waals surface area contributed by atoms with Gasteiger partial charge in [-0.1, -0.05) is 11.6 Å². The molecule has 1 aromatic carbocycles. The molecule has 1 aromatic heterocycles. The number of aromatic nitrogens is 2. The van der Waals surface area contributed by atoms with Crippen LogP contribution in [0.15, 0.2) is 24.5 Å². The van der Waals surface area contributed by atoms with Crippen LogP contribution in [0.1, 0.15) is 65.9 Å². The fourth-order valence-electron chi connectivity index (χ4n) is 5.40. The van der Waals surface area contributed by atoms with Crippen molar-refractivity contribution >= 4 is 35.0 Å². The van der Waals surface area contributed by atoms with Crippen molar-refractivity contribution in [3.63, 3.8) is 0 Å². The number of primary amides is 1. The van der Waals surface area contributed by atoms with E-state index in [1.165, 1.54) is 18.5 Å². The third-order valence-electron chi connectivity index (χ3n) is 7.28. The summed E-state index contributed by atoms with van der Waals surface area (Å²) >= 11 is 6.21. The fourth-order valence-corrected chi connectivity index (χ4v) is 5.67. The van der Waals surface area contributed by atoms with Gasteiger partial charge in [-0.3, -0.25) is 14.4 Å². The summed E-state index contributed by atoms with van der Waals surface area (Å²) in [6.45, 7) is 0.537. The first-order valence-electron chi connectivity index (χ1n) is 11.2. The van der Waals surface area contributed by atoms with E-state index in [2.05, 4.69) is 9.97 Å². The summed E-state index contributed by atoms with van der Waals surface area (Å²) < 4.78 is 13.5. The number of aromatic amines is 1. The van der Waals surface area contributed by atoms with Crippen LogP contribution in [0.4, 0.5) is 10.1 Å². The number of amides is 3. The molecule has 1 aliphatic heterocycles. The molecule has 3 N–H and O–H groups in total. The number of rotatable bonds is 5. The Morgan fingerprint density at radius 3 is 2.52 bits per heavy atom. The van der Waals surface area contributed by atoms with Crippen LogP contribution in [0.3, 0.4) is 0 Å². The van der Waals surface area contributed by atoms with Crippen molar-refractivity contribution in [2.45, 2.75) is 57.0 Å². The van der Waals surface area contributed by atoms with Gasteiger partial charge in [-0.05, 0) is 63.1 Å². The first-order valence-corrected chi connectivity index (χ1v) is 11.6. The van der Waals surface area contributed by atoms with Crippen LogP contribution >= 0.6 is 11.6 Å². The molecule has 3 amide bonds. The van der Waals surface area contributed by atoms with Crippen molar-refractivity contribution in [1.82, 2.24) is 14.9 Å². The van der Waals surface area contributed by atoms with Gasteiger partial charge in [-0.2, -0.15) is 0 Å². The van der Waals surface area contributed by atoms with E-state index in [4.69, 9.17) is 17.3 Å². The molecule has 8 nitrogen and oxygen atoms in total. The largest absolute Gasteiger partial charge is 0.364 e. The molecule has 0 bridgehead atoms. The Balaban J connectivity index is 1.31. The minimum absolute atomic E-state index is 0.0158. The summed E-state index contributed by atoms with van der Waals surface area (Å²) in [5.41, 5.74) is 5.52. The van der Waals surface area contributed by atoms with Gasteiger partial charge in [0, 0.05) is 18.6 Å². The SMILES string of the molecule is NC(=O)c1[nH]cnc1C(=O)N(C1CC1)[C@H]1CC[C@@]2(CCN(c3ccc(F)cc3Cl)C2=O)CC1. The second-order valence-electron chi connectivity index (χ2n) is 9.25. The number of H-pyrrole nitrogens is 1. The number of hydrogen-bond acceptors (Lipinski definition) is 4. The highest BCUT2D eigenvalue weighted by atomic mass is 35.5. The Hall–Kier alpha value is -2.94. The molecule has 1 spiro atoms. The smallest absolute Gasteiger partial charge is 0.275 e. The van der Waals surface area contributed by atoms with Gasteiger partial charge in [-0.25, -0.2) is 9.37 Å². The number of carbonyl (C=O) groups excluding carboxylic acids is 3. The molecule has 0 unspecified atom stereocenters. The van der Waals surface area contributed by atoms with E-state index in [9.17, 15) is 18.8 Å². The number of benzene rings is 1. The first kappa shape index (κ1) is 21.9. The zero-order valence-corrected chi connectivity index (χ0v) is 18.8. The summed E-state index contributed by atoms with van der Waals surface area (Å²) in [5.74, 6) is -1.43. The van der Waals surface area contributed by atoms with Gasteiger partial charge >= 0.3 is 0 Å². The third-order valence-corrected chi connectivity index (χ3v) is 7.58. The Bertz CT molecular complexity index is 1120. The molecule has 0 atom stereocenters. The van der Waals surface area contributed by atoms with Crippen molar-refractivity contribution in [2.24, 2.45) is 11.1 Å². The van der Waals surface area contributed by atoms with Crippen LogP contribution in [0.5, 0.6) is 0 Å². The molecular formula is C23H25ClFN5O3.